The number of thiophene rings is 1. The highest BCUT2D eigenvalue weighted by atomic mass is 32.2. The van der Waals surface area contributed by atoms with Crippen LogP contribution in [0.3, 0.4) is 0 Å². The van der Waals surface area contributed by atoms with E-state index in [1.54, 1.807) is 11.3 Å². The molecular weight excluding hydrogens is 282 g/mol. The second-order valence-electron chi connectivity index (χ2n) is 4.09. The predicted molar refractivity (Wildman–Crippen MR) is 74.2 cm³/mol. The zero-order valence-electron chi connectivity index (χ0n) is 10.4. The van der Waals surface area contributed by atoms with E-state index >= 15 is 0 Å². The van der Waals surface area contributed by atoms with Crippen LogP contribution in [0.2, 0.25) is 0 Å². The maximum atomic E-state index is 11.5. The minimum atomic E-state index is -0.148. The van der Waals surface area contributed by atoms with Gasteiger partial charge in [0.05, 0.1) is 11.5 Å². The first kappa shape index (κ1) is 12.7. The first-order valence-electron chi connectivity index (χ1n) is 6.10. The van der Waals surface area contributed by atoms with E-state index in [2.05, 4.69) is 17.1 Å². The molecule has 3 rings (SSSR count). The lowest BCUT2D eigenvalue weighted by molar-refractivity contribution is -0.137. The van der Waals surface area contributed by atoms with Crippen molar-refractivity contribution >= 4 is 29.1 Å². The number of rotatable bonds is 4. The molecule has 2 aromatic rings. The molecule has 2 aromatic heterocycles. The number of cyclic esters (lactones) is 1. The molecule has 1 saturated heterocycles. The van der Waals surface area contributed by atoms with E-state index in [-0.39, 0.29) is 11.2 Å². The standard InChI is InChI=1S/C12H13N3O2S2/c1-2-15-10(8-4-3-7-18-8)13-14-12(15)19-9-5-6-17-11(9)16/h3-4,7,9H,2,5-6H2,1H3/t9-/m1/s1. The van der Waals surface area contributed by atoms with Gasteiger partial charge in [-0.05, 0) is 18.4 Å². The van der Waals surface area contributed by atoms with Crippen molar-refractivity contribution in [1.29, 1.82) is 0 Å². The first-order chi connectivity index (χ1) is 9.29. The molecule has 3 heterocycles. The average molecular weight is 295 g/mol. The Labute approximate surface area is 119 Å². The molecule has 0 aliphatic carbocycles. The van der Waals surface area contributed by atoms with Crippen molar-refractivity contribution in [1.82, 2.24) is 14.8 Å². The number of carbonyl (C=O) groups excluding carboxylic acids is 1. The Morgan fingerprint density at radius 3 is 3.11 bits per heavy atom. The maximum absolute atomic E-state index is 11.5. The molecule has 0 saturated carbocycles. The quantitative estimate of drug-likeness (QED) is 0.811. The van der Waals surface area contributed by atoms with E-state index in [0.717, 1.165) is 28.8 Å². The van der Waals surface area contributed by atoms with Crippen LogP contribution in [0.25, 0.3) is 10.7 Å². The molecule has 1 fully saturated rings. The Morgan fingerprint density at radius 2 is 2.47 bits per heavy atom. The molecule has 7 heteroatoms. The Morgan fingerprint density at radius 1 is 1.58 bits per heavy atom. The van der Waals surface area contributed by atoms with Crippen molar-refractivity contribution in [2.75, 3.05) is 6.61 Å². The molecule has 19 heavy (non-hydrogen) atoms. The smallest absolute Gasteiger partial charge is 0.319 e. The summed E-state index contributed by atoms with van der Waals surface area (Å²) in [5.41, 5.74) is 0. The Balaban J connectivity index is 1.88. The molecule has 1 atom stereocenters. The summed E-state index contributed by atoms with van der Waals surface area (Å²) in [6.45, 7) is 3.34. The summed E-state index contributed by atoms with van der Waals surface area (Å²) in [7, 11) is 0. The van der Waals surface area contributed by atoms with Gasteiger partial charge in [0.2, 0.25) is 0 Å². The first-order valence-corrected chi connectivity index (χ1v) is 7.86. The molecule has 0 radical (unpaired) electrons. The Bertz CT molecular complexity index is 580. The molecule has 0 spiro atoms. The Kier molecular flexibility index (Phi) is 3.56. The van der Waals surface area contributed by atoms with E-state index in [0.29, 0.717) is 6.61 Å². The molecule has 0 aromatic carbocycles. The number of hydrogen-bond acceptors (Lipinski definition) is 6. The number of nitrogens with zero attached hydrogens (tertiary/aromatic N) is 3. The van der Waals surface area contributed by atoms with Crippen molar-refractivity contribution in [3.63, 3.8) is 0 Å². The van der Waals surface area contributed by atoms with Crippen molar-refractivity contribution < 1.29 is 9.53 Å². The molecule has 1 aliphatic heterocycles. The van der Waals surface area contributed by atoms with E-state index in [1.165, 1.54) is 11.8 Å². The molecule has 0 unspecified atom stereocenters. The molecular formula is C12H13N3O2S2. The summed E-state index contributed by atoms with van der Waals surface area (Å²) in [4.78, 5) is 12.6. The minimum absolute atomic E-state index is 0.145. The van der Waals surface area contributed by atoms with Crippen molar-refractivity contribution in [3.05, 3.63) is 17.5 Å². The molecule has 1 aliphatic rings. The summed E-state index contributed by atoms with van der Waals surface area (Å²) in [5, 5.41) is 11.1. The number of esters is 1. The van der Waals surface area contributed by atoms with Gasteiger partial charge in [0.25, 0.3) is 0 Å². The molecule has 5 nitrogen and oxygen atoms in total. The number of aromatic nitrogens is 3. The number of carbonyl (C=O) groups is 1. The summed E-state index contributed by atoms with van der Waals surface area (Å²) < 4.78 is 7.02. The van der Waals surface area contributed by atoms with Crippen molar-refractivity contribution in [2.45, 2.75) is 30.3 Å². The van der Waals surface area contributed by atoms with Crippen molar-refractivity contribution in [3.8, 4) is 10.7 Å². The topological polar surface area (TPSA) is 57.0 Å². The van der Waals surface area contributed by atoms with Gasteiger partial charge in [0.1, 0.15) is 5.25 Å². The number of hydrogen-bond donors (Lipinski definition) is 0. The summed E-state index contributed by atoms with van der Waals surface area (Å²) in [6, 6.07) is 4.02. The largest absolute Gasteiger partial charge is 0.465 e. The molecule has 0 bridgehead atoms. The van der Waals surface area contributed by atoms with Crippen LogP contribution in [0.1, 0.15) is 13.3 Å². The van der Waals surface area contributed by atoms with Gasteiger partial charge in [-0.25, -0.2) is 0 Å². The predicted octanol–water partition coefficient (Wildman–Crippen LogP) is 2.43. The highest BCUT2D eigenvalue weighted by molar-refractivity contribution is 8.00. The second kappa shape index (κ2) is 5.34. The zero-order valence-corrected chi connectivity index (χ0v) is 12.0. The van der Waals surface area contributed by atoms with E-state index in [9.17, 15) is 4.79 Å². The highest BCUT2D eigenvalue weighted by Crippen LogP contribution is 2.32. The van der Waals surface area contributed by atoms with Gasteiger partial charge < -0.3 is 9.30 Å². The summed E-state index contributed by atoms with van der Waals surface area (Å²) >= 11 is 3.09. The van der Waals surface area contributed by atoms with Crippen LogP contribution in [-0.4, -0.2) is 32.6 Å². The lowest BCUT2D eigenvalue weighted by Gasteiger charge is -2.07. The van der Waals surface area contributed by atoms with Gasteiger partial charge in [-0.1, -0.05) is 17.8 Å². The van der Waals surface area contributed by atoms with Crippen LogP contribution in [-0.2, 0) is 16.1 Å². The molecule has 0 amide bonds. The summed E-state index contributed by atoms with van der Waals surface area (Å²) in [5.74, 6) is 0.722. The lowest BCUT2D eigenvalue weighted by Crippen LogP contribution is -2.11. The fraction of sp³-hybridized carbons (Fsp3) is 0.417. The second-order valence-corrected chi connectivity index (χ2v) is 6.21. The fourth-order valence-electron chi connectivity index (χ4n) is 1.96. The SMILES string of the molecule is CCn1c(S[C@@H]2CCOC2=O)nnc1-c1cccs1. The van der Waals surface area contributed by atoms with Crippen molar-refractivity contribution in [2.24, 2.45) is 0 Å². The molecule has 0 N–H and O–H groups in total. The van der Waals surface area contributed by atoms with E-state index < -0.39 is 0 Å². The third-order valence-electron chi connectivity index (χ3n) is 2.91. The number of ether oxygens (including phenoxy) is 1. The van der Waals surface area contributed by atoms with Crippen LogP contribution in [0, 0.1) is 0 Å². The average Bonchev–Trinajstić information content (AvgIpc) is 3.11. The van der Waals surface area contributed by atoms with E-state index in [4.69, 9.17) is 4.74 Å². The highest BCUT2D eigenvalue weighted by Gasteiger charge is 2.29. The monoisotopic (exact) mass is 295 g/mol. The fourth-order valence-corrected chi connectivity index (χ4v) is 3.74. The minimum Gasteiger partial charge on any atom is -0.465 e. The van der Waals surface area contributed by atoms with Gasteiger partial charge in [-0.3, -0.25) is 4.79 Å². The third kappa shape index (κ3) is 2.40. The molecule has 100 valence electrons. The van der Waals surface area contributed by atoms with Gasteiger partial charge in [0.15, 0.2) is 11.0 Å². The van der Waals surface area contributed by atoms with Crippen LogP contribution in [0.5, 0.6) is 0 Å². The normalized spacial score (nSPS) is 18.8. The summed E-state index contributed by atoms with van der Waals surface area (Å²) in [6.07, 6.45) is 0.744. The van der Waals surface area contributed by atoms with Crippen LogP contribution in [0.4, 0.5) is 0 Å². The van der Waals surface area contributed by atoms with Gasteiger partial charge in [-0.2, -0.15) is 0 Å². The van der Waals surface area contributed by atoms with Crippen LogP contribution >= 0.6 is 23.1 Å². The van der Waals surface area contributed by atoms with E-state index in [1.807, 2.05) is 22.1 Å². The maximum Gasteiger partial charge on any atom is 0.319 e. The number of thioether (sulfide) groups is 1. The lowest BCUT2D eigenvalue weighted by atomic mass is 10.4. The van der Waals surface area contributed by atoms with Crippen LogP contribution in [0.15, 0.2) is 22.7 Å². The van der Waals surface area contributed by atoms with Gasteiger partial charge >= 0.3 is 5.97 Å². The zero-order chi connectivity index (χ0) is 13.2. The Hall–Kier alpha value is -1.34. The van der Waals surface area contributed by atoms with Gasteiger partial charge in [-0.15, -0.1) is 21.5 Å². The van der Waals surface area contributed by atoms with Crippen LogP contribution < -0.4 is 0 Å². The third-order valence-corrected chi connectivity index (χ3v) is 5.00. The van der Waals surface area contributed by atoms with Gasteiger partial charge in [0, 0.05) is 13.0 Å².